The molecule has 1 aliphatic heterocycles. The highest BCUT2D eigenvalue weighted by Gasteiger charge is 2.31. The number of hydroxylamine groups is 2. The molecule has 12 heavy (non-hydrogen) atoms. The number of methoxy groups -OCH3 is 1. The van der Waals surface area contributed by atoms with Gasteiger partial charge in [-0.3, -0.25) is 9.63 Å². The molecule has 0 aromatic rings. The smallest absolute Gasteiger partial charge is 0.265 e. The number of likely N-dealkylation sites (N-methyl/N-ethyl adjacent to an activating group) is 1. The fraction of sp³-hybridized carbons (Fsp3) is 0.857. The number of hydrogen-bond acceptors (Lipinski definition) is 4. The average Bonchev–Trinajstić information content (AvgIpc) is 2.43. The van der Waals surface area contributed by atoms with Gasteiger partial charge >= 0.3 is 0 Å². The molecule has 1 saturated heterocycles. The second kappa shape index (κ2) is 4.39. The van der Waals surface area contributed by atoms with E-state index in [2.05, 4.69) is 5.32 Å². The predicted molar refractivity (Wildman–Crippen MR) is 42.4 cm³/mol. The van der Waals surface area contributed by atoms with Gasteiger partial charge < -0.3 is 10.1 Å². The highest BCUT2D eigenvalue weighted by Crippen LogP contribution is 2.06. The summed E-state index contributed by atoms with van der Waals surface area (Å²) in [6.07, 6.45) is 0. The molecule has 1 heterocycles. The molecule has 0 radical (unpaired) electrons. The number of carbonyl (C=O) groups excluding carboxylic acids is 1. The summed E-state index contributed by atoms with van der Waals surface area (Å²) < 4.78 is 4.83. The van der Waals surface area contributed by atoms with Crippen LogP contribution in [0.3, 0.4) is 0 Å². The number of rotatable bonds is 4. The molecule has 0 bridgehead atoms. The van der Waals surface area contributed by atoms with Gasteiger partial charge in [-0.2, -0.15) is 0 Å². The number of nitrogens with one attached hydrogen (secondary N) is 1. The van der Waals surface area contributed by atoms with Gasteiger partial charge in [0.2, 0.25) is 0 Å². The maximum absolute atomic E-state index is 11.3. The van der Waals surface area contributed by atoms with E-state index in [0.29, 0.717) is 19.8 Å². The SMILES string of the molecule is CN[C@@H]1CON(CCOC)C1=O. The third-order valence-corrected chi connectivity index (χ3v) is 1.79. The molecule has 1 amide bonds. The van der Waals surface area contributed by atoms with Crippen molar-refractivity contribution < 1.29 is 14.4 Å². The van der Waals surface area contributed by atoms with Crippen LogP contribution in [0, 0.1) is 0 Å². The van der Waals surface area contributed by atoms with E-state index in [1.165, 1.54) is 5.06 Å². The van der Waals surface area contributed by atoms with Gasteiger partial charge in [0.25, 0.3) is 5.91 Å². The Morgan fingerprint density at radius 1 is 1.83 bits per heavy atom. The van der Waals surface area contributed by atoms with Crippen molar-refractivity contribution >= 4 is 5.91 Å². The van der Waals surface area contributed by atoms with Gasteiger partial charge in [0.15, 0.2) is 0 Å². The van der Waals surface area contributed by atoms with Crippen LogP contribution in [-0.2, 0) is 14.4 Å². The Kier molecular flexibility index (Phi) is 3.46. The topological polar surface area (TPSA) is 50.8 Å². The lowest BCUT2D eigenvalue weighted by Gasteiger charge is -2.12. The van der Waals surface area contributed by atoms with Crippen molar-refractivity contribution in [2.75, 3.05) is 33.9 Å². The van der Waals surface area contributed by atoms with Gasteiger partial charge in [-0.1, -0.05) is 0 Å². The molecule has 1 aliphatic rings. The summed E-state index contributed by atoms with van der Waals surface area (Å²) >= 11 is 0. The minimum absolute atomic E-state index is 0.0189. The molecule has 5 nitrogen and oxygen atoms in total. The molecule has 1 fully saturated rings. The van der Waals surface area contributed by atoms with Crippen molar-refractivity contribution in [2.24, 2.45) is 0 Å². The zero-order chi connectivity index (χ0) is 8.97. The van der Waals surface area contributed by atoms with Crippen LogP contribution in [0.15, 0.2) is 0 Å². The van der Waals surface area contributed by atoms with E-state index >= 15 is 0 Å². The molecule has 0 aliphatic carbocycles. The summed E-state index contributed by atoms with van der Waals surface area (Å²) in [5.41, 5.74) is 0. The van der Waals surface area contributed by atoms with E-state index < -0.39 is 0 Å². The van der Waals surface area contributed by atoms with E-state index in [0.717, 1.165) is 0 Å². The predicted octanol–water partition coefficient (Wildman–Crippen LogP) is -1.01. The number of hydrogen-bond donors (Lipinski definition) is 1. The fourth-order valence-electron chi connectivity index (χ4n) is 1.03. The summed E-state index contributed by atoms with van der Waals surface area (Å²) in [6.45, 7) is 1.41. The van der Waals surface area contributed by atoms with Crippen LogP contribution in [-0.4, -0.2) is 50.9 Å². The molecule has 0 saturated carbocycles. The molecule has 1 N–H and O–H groups in total. The Morgan fingerprint density at radius 2 is 2.58 bits per heavy atom. The van der Waals surface area contributed by atoms with Crippen molar-refractivity contribution in [3.8, 4) is 0 Å². The minimum atomic E-state index is -0.193. The summed E-state index contributed by atoms with van der Waals surface area (Å²) in [4.78, 5) is 16.4. The molecule has 1 rings (SSSR count). The highest BCUT2D eigenvalue weighted by molar-refractivity contribution is 5.82. The normalized spacial score (nSPS) is 23.7. The first-order chi connectivity index (χ1) is 5.79. The standard InChI is InChI=1S/C7H14N2O3/c1-8-6-5-12-9(7(6)10)3-4-11-2/h6,8H,3-5H2,1-2H3/t6-/m1/s1. The first-order valence-corrected chi connectivity index (χ1v) is 3.90. The quantitative estimate of drug-likeness (QED) is 0.593. The fourth-order valence-corrected chi connectivity index (χ4v) is 1.03. The van der Waals surface area contributed by atoms with Crippen LogP contribution in [0.2, 0.25) is 0 Å². The van der Waals surface area contributed by atoms with Crippen LogP contribution < -0.4 is 5.32 Å². The molecule has 0 unspecified atom stereocenters. The van der Waals surface area contributed by atoms with Crippen LogP contribution >= 0.6 is 0 Å². The molecule has 0 aromatic heterocycles. The summed E-state index contributed by atoms with van der Waals surface area (Å²) in [7, 11) is 3.34. The van der Waals surface area contributed by atoms with E-state index in [4.69, 9.17) is 9.57 Å². The van der Waals surface area contributed by atoms with Crippen LogP contribution in [0.25, 0.3) is 0 Å². The highest BCUT2D eigenvalue weighted by atomic mass is 16.7. The Morgan fingerprint density at radius 3 is 3.08 bits per heavy atom. The Balaban J connectivity index is 2.33. The monoisotopic (exact) mass is 174 g/mol. The first-order valence-electron chi connectivity index (χ1n) is 3.90. The van der Waals surface area contributed by atoms with Gasteiger partial charge in [-0.25, -0.2) is 5.06 Å². The summed E-state index contributed by atoms with van der Waals surface area (Å²) in [6, 6.07) is -0.193. The maximum atomic E-state index is 11.3. The number of ether oxygens (including phenoxy) is 1. The van der Waals surface area contributed by atoms with E-state index in [1.54, 1.807) is 14.2 Å². The van der Waals surface area contributed by atoms with Crippen molar-refractivity contribution in [3.63, 3.8) is 0 Å². The zero-order valence-corrected chi connectivity index (χ0v) is 7.37. The third-order valence-electron chi connectivity index (χ3n) is 1.79. The first kappa shape index (κ1) is 9.44. The van der Waals surface area contributed by atoms with Gasteiger partial charge in [0.1, 0.15) is 6.04 Å². The number of amides is 1. The largest absolute Gasteiger partial charge is 0.383 e. The van der Waals surface area contributed by atoms with E-state index in [1.807, 2.05) is 0 Å². The Hall–Kier alpha value is -0.650. The molecule has 5 heteroatoms. The maximum Gasteiger partial charge on any atom is 0.265 e. The molecule has 70 valence electrons. The summed E-state index contributed by atoms with van der Waals surface area (Å²) in [5.74, 6) is -0.0189. The lowest BCUT2D eigenvalue weighted by Crippen LogP contribution is -2.38. The van der Waals surface area contributed by atoms with E-state index in [-0.39, 0.29) is 11.9 Å². The van der Waals surface area contributed by atoms with Crippen molar-refractivity contribution in [1.29, 1.82) is 0 Å². The lowest BCUT2D eigenvalue weighted by molar-refractivity contribution is -0.164. The number of nitrogens with zero attached hydrogens (tertiary/aromatic N) is 1. The van der Waals surface area contributed by atoms with Gasteiger partial charge in [0, 0.05) is 7.11 Å². The molecule has 1 atom stereocenters. The van der Waals surface area contributed by atoms with Gasteiger partial charge in [-0.05, 0) is 7.05 Å². The van der Waals surface area contributed by atoms with Crippen LogP contribution in [0.5, 0.6) is 0 Å². The average molecular weight is 174 g/mol. The Bertz CT molecular complexity index is 163. The molecule has 0 aromatic carbocycles. The molecule has 0 spiro atoms. The van der Waals surface area contributed by atoms with E-state index in [9.17, 15) is 4.79 Å². The molecular weight excluding hydrogens is 160 g/mol. The van der Waals surface area contributed by atoms with Crippen LogP contribution in [0.4, 0.5) is 0 Å². The van der Waals surface area contributed by atoms with Gasteiger partial charge in [-0.15, -0.1) is 0 Å². The minimum Gasteiger partial charge on any atom is -0.383 e. The second-order valence-corrected chi connectivity index (χ2v) is 2.57. The second-order valence-electron chi connectivity index (χ2n) is 2.57. The van der Waals surface area contributed by atoms with Crippen molar-refractivity contribution in [1.82, 2.24) is 10.4 Å². The Labute approximate surface area is 71.6 Å². The lowest BCUT2D eigenvalue weighted by atomic mass is 10.3. The van der Waals surface area contributed by atoms with Crippen molar-refractivity contribution in [3.05, 3.63) is 0 Å². The molecular formula is C7H14N2O3. The van der Waals surface area contributed by atoms with Crippen LogP contribution in [0.1, 0.15) is 0 Å². The third kappa shape index (κ3) is 1.94. The zero-order valence-electron chi connectivity index (χ0n) is 7.37. The summed E-state index contributed by atoms with van der Waals surface area (Å²) in [5, 5.41) is 4.20. The number of carbonyl (C=O) groups is 1. The van der Waals surface area contributed by atoms with Crippen molar-refractivity contribution in [2.45, 2.75) is 6.04 Å². The van der Waals surface area contributed by atoms with Gasteiger partial charge in [0.05, 0.1) is 19.8 Å².